The van der Waals surface area contributed by atoms with Gasteiger partial charge >= 0.3 is 0 Å². The highest BCUT2D eigenvalue weighted by Crippen LogP contribution is 2.26. The van der Waals surface area contributed by atoms with Crippen LogP contribution in [-0.4, -0.2) is 19.7 Å². The van der Waals surface area contributed by atoms with E-state index in [1.165, 1.54) is 18.2 Å². The Bertz CT molecular complexity index is 606. The summed E-state index contributed by atoms with van der Waals surface area (Å²) in [5.74, 6) is -0.364. The van der Waals surface area contributed by atoms with Gasteiger partial charge in [-0.2, -0.15) is 0 Å². The lowest BCUT2D eigenvalue weighted by Crippen LogP contribution is -2.08. The average molecular weight is 246 g/mol. The van der Waals surface area contributed by atoms with Gasteiger partial charge in [-0.15, -0.1) is 0 Å². The lowest BCUT2D eigenvalue weighted by Gasteiger charge is -1.95. The van der Waals surface area contributed by atoms with Crippen LogP contribution in [0.25, 0.3) is 10.2 Å². The van der Waals surface area contributed by atoms with Crippen LogP contribution in [0, 0.1) is 5.82 Å². The largest absolute Gasteiger partial charge is 0.259 e. The van der Waals surface area contributed by atoms with Crippen LogP contribution in [-0.2, 0) is 10.0 Å². The van der Waals surface area contributed by atoms with E-state index in [1.54, 1.807) is 0 Å². The number of aromatic nitrogens is 1. The Morgan fingerprint density at radius 3 is 2.87 bits per heavy atom. The van der Waals surface area contributed by atoms with Crippen LogP contribution in [0.15, 0.2) is 18.2 Å². The number of nitrogens with zero attached hydrogens (tertiary/aromatic N) is 1. The molecule has 80 valence electrons. The predicted molar refractivity (Wildman–Crippen MR) is 58.0 cm³/mol. The number of hydrogen-bond donors (Lipinski definition) is 1. The molecule has 2 aromatic rings. The van der Waals surface area contributed by atoms with Crippen molar-refractivity contribution in [1.29, 1.82) is 0 Å². The number of halogens is 1. The molecule has 0 aliphatic rings. The van der Waals surface area contributed by atoms with Crippen molar-refractivity contribution < 1.29 is 12.8 Å². The topological polar surface area (TPSA) is 59.1 Å². The molecule has 4 nitrogen and oxygen atoms in total. The normalized spacial score (nSPS) is 11.9. The first-order valence-electron chi connectivity index (χ1n) is 3.98. The molecular formula is C8H7FN2O2S2. The van der Waals surface area contributed by atoms with Gasteiger partial charge in [0, 0.05) is 0 Å². The molecule has 0 atom stereocenters. The number of nitrogens with one attached hydrogen (secondary N) is 1. The number of fused-ring (bicyclic) bond motifs is 1. The van der Waals surface area contributed by atoms with E-state index in [1.807, 2.05) is 0 Å². The molecule has 1 heterocycles. The Morgan fingerprint density at radius 2 is 2.20 bits per heavy atom. The van der Waals surface area contributed by atoms with Crippen LogP contribution in [0.3, 0.4) is 0 Å². The van der Waals surface area contributed by atoms with Crippen LogP contribution in [0.4, 0.5) is 9.52 Å². The van der Waals surface area contributed by atoms with Crippen molar-refractivity contribution in [3.05, 3.63) is 24.0 Å². The first kappa shape index (κ1) is 10.3. The number of thiazole rings is 1. The van der Waals surface area contributed by atoms with E-state index in [0.717, 1.165) is 17.6 Å². The SMILES string of the molecule is CS(=O)(=O)Nc1nc2ccc(F)cc2s1. The minimum absolute atomic E-state index is 0.248. The highest BCUT2D eigenvalue weighted by molar-refractivity contribution is 7.92. The van der Waals surface area contributed by atoms with Gasteiger partial charge in [0.25, 0.3) is 0 Å². The van der Waals surface area contributed by atoms with Gasteiger partial charge in [0.15, 0.2) is 5.13 Å². The Labute approximate surface area is 89.8 Å². The molecule has 0 fully saturated rings. The zero-order valence-corrected chi connectivity index (χ0v) is 9.32. The molecule has 7 heteroatoms. The summed E-state index contributed by atoms with van der Waals surface area (Å²) in [5, 5.41) is 0.248. The fourth-order valence-corrected chi connectivity index (χ4v) is 2.83. The average Bonchev–Trinajstić information content (AvgIpc) is 2.42. The minimum Gasteiger partial charge on any atom is -0.259 e. The molecule has 0 saturated carbocycles. The first-order valence-corrected chi connectivity index (χ1v) is 6.69. The standard InChI is InChI=1S/C8H7FN2O2S2/c1-15(12,13)11-8-10-6-3-2-5(9)4-7(6)14-8/h2-4H,1H3,(H,10,11). The molecule has 1 aromatic heterocycles. The van der Waals surface area contributed by atoms with E-state index < -0.39 is 10.0 Å². The van der Waals surface area contributed by atoms with E-state index in [2.05, 4.69) is 9.71 Å². The van der Waals surface area contributed by atoms with Crippen LogP contribution in [0.1, 0.15) is 0 Å². The smallest absolute Gasteiger partial charge is 0.231 e. The maximum Gasteiger partial charge on any atom is 0.231 e. The summed E-state index contributed by atoms with van der Waals surface area (Å²) in [6, 6.07) is 4.11. The van der Waals surface area contributed by atoms with Gasteiger partial charge in [0.1, 0.15) is 5.82 Å². The second-order valence-electron chi connectivity index (χ2n) is 3.01. The van der Waals surface area contributed by atoms with Crippen LogP contribution < -0.4 is 4.72 Å². The van der Waals surface area contributed by atoms with Gasteiger partial charge < -0.3 is 0 Å². The van der Waals surface area contributed by atoms with Crippen molar-refractivity contribution in [2.45, 2.75) is 0 Å². The van der Waals surface area contributed by atoms with E-state index in [-0.39, 0.29) is 10.9 Å². The number of sulfonamides is 1. The van der Waals surface area contributed by atoms with E-state index in [9.17, 15) is 12.8 Å². The van der Waals surface area contributed by atoms with Gasteiger partial charge in [-0.25, -0.2) is 17.8 Å². The third-order valence-electron chi connectivity index (χ3n) is 1.62. The van der Waals surface area contributed by atoms with Crippen LogP contribution in [0.5, 0.6) is 0 Å². The summed E-state index contributed by atoms with van der Waals surface area (Å²) in [6.07, 6.45) is 1.04. The molecule has 0 amide bonds. The maximum atomic E-state index is 12.8. The fourth-order valence-electron chi connectivity index (χ4n) is 1.10. The molecule has 1 N–H and O–H groups in total. The molecule has 0 aliphatic carbocycles. The molecular weight excluding hydrogens is 239 g/mol. The second kappa shape index (κ2) is 3.42. The third-order valence-corrected chi connectivity index (χ3v) is 3.25. The van der Waals surface area contributed by atoms with Crippen molar-refractivity contribution in [1.82, 2.24) is 4.98 Å². The highest BCUT2D eigenvalue weighted by atomic mass is 32.2. The van der Waals surface area contributed by atoms with Gasteiger partial charge in [-0.3, -0.25) is 4.72 Å². The molecule has 0 radical (unpaired) electrons. The van der Waals surface area contributed by atoms with Gasteiger partial charge in [0.05, 0.1) is 16.5 Å². The summed E-state index contributed by atoms with van der Waals surface area (Å²) in [5.41, 5.74) is 0.576. The van der Waals surface area contributed by atoms with E-state index in [0.29, 0.717) is 10.2 Å². The Hall–Kier alpha value is -1.21. The second-order valence-corrected chi connectivity index (χ2v) is 5.78. The van der Waals surface area contributed by atoms with Gasteiger partial charge in [-0.1, -0.05) is 11.3 Å². The van der Waals surface area contributed by atoms with Crippen molar-refractivity contribution in [2.75, 3.05) is 11.0 Å². The molecule has 0 aliphatic heterocycles. The summed E-state index contributed by atoms with van der Waals surface area (Å²) in [7, 11) is -3.33. The fraction of sp³-hybridized carbons (Fsp3) is 0.125. The predicted octanol–water partition coefficient (Wildman–Crippen LogP) is 1.81. The lowest BCUT2D eigenvalue weighted by atomic mass is 10.3. The number of hydrogen-bond acceptors (Lipinski definition) is 4. The molecule has 1 aromatic carbocycles. The molecule has 0 unspecified atom stereocenters. The van der Waals surface area contributed by atoms with E-state index in [4.69, 9.17) is 0 Å². The third kappa shape index (κ3) is 2.42. The molecule has 0 bridgehead atoms. The van der Waals surface area contributed by atoms with E-state index >= 15 is 0 Å². The zero-order chi connectivity index (χ0) is 11.1. The summed E-state index contributed by atoms with van der Waals surface area (Å²) >= 11 is 1.10. The Balaban J connectivity index is 2.48. The Kier molecular flexibility index (Phi) is 2.35. The van der Waals surface area contributed by atoms with Crippen molar-refractivity contribution in [2.24, 2.45) is 0 Å². The quantitative estimate of drug-likeness (QED) is 0.879. The summed E-state index contributed by atoms with van der Waals surface area (Å²) in [6.45, 7) is 0. The molecule has 2 rings (SSSR count). The van der Waals surface area contributed by atoms with Gasteiger partial charge in [0.2, 0.25) is 10.0 Å². The number of benzene rings is 1. The lowest BCUT2D eigenvalue weighted by molar-refractivity contribution is 0.606. The molecule has 0 saturated heterocycles. The summed E-state index contributed by atoms with van der Waals surface area (Å²) in [4.78, 5) is 4.00. The van der Waals surface area contributed by atoms with Crippen molar-refractivity contribution in [3.8, 4) is 0 Å². The van der Waals surface area contributed by atoms with Crippen LogP contribution in [0.2, 0.25) is 0 Å². The first-order chi connectivity index (χ1) is 6.94. The zero-order valence-electron chi connectivity index (χ0n) is 7.69. The minimum atomic E-state index is -3.33. The van der Waals surface area contributed by atoms with Crippen molar-refractivity contribution in [3.63, 3.8) is 0 Å². The van der Waals surface area contributed by atoms with Crippen molar-refractivity contribution >= 4 is 36.7 Å². The van der Waals surface area contributed by atoms with Crippen LogP contribution >= 0.6 is 11.3 Å². The number of anilines is 1. The molecule has 15 heavy (non-hydrogen) atoms. The highest BCUT2D eigenvalue weighted by Gasteiger charge is 2.08. The van der Waals surface area contributed by atoms with Gasteiger partial charge in [-0.05, 0) is 18.2 Å². The maximum absolute atomic E-state index is 12.8. The summed E-state index contributed by atoms with van der Waals surface area (Å²) < 4.78 is 37.5. The monoisotopic (exact) mass is 246 g/mol. The number of rotatable bonds is 2. The Morgan fingerprint density at radius 1 is 1.47 bits per heavy atom. The molecule has 0 spiro atoms.